The lowest BCUT2D eigenvalue weighted by Gasteiger charge is -2.14. The van der Waals surface area contributed by atoms with E-state index in [0.29, 0.717) is 8.95 Å². The van der Waals surface area contributed by atoms with Crippen molar-refractivity contribution >= 4 is 57.8 Å². The lowest BCUT2D eigenvalue weighted by Crippen LogP contribution is -2.32. The first-order chi connectivity index (χ1) is 8.40. The number of halogens is 3. The Kier molecular flexibility index (Phi) is 4.70. The van der Waals surface area contributed by atoms with Gasteiger partial charge in [0, 0.05) is 19.5 Å². The molecule has 0 saturated carbocycles. The summed E-state index contributed by atoms with van der Waals surface area (Å²) >= 11 is 9.89. The molecule has 0 aliphatic heterocycles. The molecule has 1 aromatic rings. The molecule has 1 unspecified atom stereocenters. The number of sulfonamides is 1. The maximum Gasteiger partial charge on any atom is 0.243 e. The Morgan fingerprint density at radius 1 is 1.17 bits per heavy atom. The molecule has 0 spiro atoms. The quantitative estimate of drug-likeness (QED) is 0.695. The fourth-order valence-electron chi connectivity index (χ4n) is 1.77. The van der Waals surface area contributed by atoms with Gasteiger partial charge in [-0.1, -0.05) is 28.1 Å². The third-order valence-corrected chi connectivity index (χ3v) is 6.37. The van der Waals surface area contributed by atoms with Gasteiger partial charge in [0.05, 0.1) is 0 Å². The van der Waals surface area contributed by atoms with Crippen LogP contribution >= 0.6 is 47.8 Å². The monoisotopic (exact) mass is 457 g/mol. The van der Waals surface area contributed by atoms with Crippen LogP contribution in [-0.4, -0.2) is 14.5 Å². The number of allylic oxidation sites excluding steroid dienone is 1. The number of benzene rings is 1. The van der Waals surface area contributed by atoms with Gasteiger partial charge < -0.3 is 0 Å². The molecule has 0 aromatic heterocycles. The highest BCUT2D eigenvalue weighted by molar-refractivity contribution is 9.11. The Hall–Kier alpha value is 0.310. The molecule has 1 aromatic carbocycles. The molecule has 1 N–H and O–H groups in total. The van der Waals surface area contributed by atoms with Gasteiger partial charge in [0.2, 0.25) is 10.0 Å². The van der Waals surface area contributed by atoms with Crippen molar-refractivity contribution < 1.29 is 8.42 Å². The topological polar surface area (TPSA) is 46.2 Å². The van der Waals surface area contributed by atoms with Crippen molar-refractivity contribution in [2.45, 2.75) is 23.8 Å². The number of hydrogen-bond donors (Lipinski definition) is 1. The molecule has 0 bridgehead atoms. The predicted molar refractivity (Wildman–Crippen MR) is 82.0 cm³/mol. The largest absolute Gasteiger partial charge is 0.243 e. The zero-order valence-electron chi connectivity index (χ0n) is 9.16. The van der Waals surface area contributed by atoms with Crippen molar-refractivity contribution in [1.29, 1.82) is 0 Å². The Bertz CT molecular complexity index is 575. The van der Waals surface area contributed by atoms with Crippen molar-refractivity contribution in [3.05, 3.63) is 37.7 Å². The van der Waals surface area contributed by atoms with Crippen LogP contribution in [0, 0.1) is 0 Å². The van der Waals surface area contributed by atoms with E-state index in [0.717, 1.165) is 17.3 Å². The lowest BCUT2D eigenvalue weighted by atomic mass is 10.3. The van der Waals surface area contributed by atoms with E-state index in [2.05, 4.69) is 52.5 Å². The average Bonchev–Trinajstić information content (AvgIpc) is 2.66. The summed E-state index contributed by atoms with van der Waals surface area (Å²) in [6.07, 6.45) is 5.60. The van der Waals surface area contributed by atoms with E-state index in [-0.39, 0.29) is 10.9 Å². The van der Waals surface area contributed by atoms with Gasteiger partial charge in [0.15, 0.2) is 0 Å². The van der Waals surface area contributed by atoms with E-state index < -0.39 is 10.0 Å². The molecule has 7 heteroatoms. The molecule has 0 saturated heterocycles. The number of hydrogen-bond acceptors (Lipinski definition) is 2. The summed E-state index contributed by atoms with van der Waals surface area (Å²) in [5.74, 6) is 0. The average molecular weight is 460 g/mol. The second-order valence-electron chi connectivity index (χ2n) is 3.93. The van der Waals surface area contributed by atoms with Crippen molar-refractivity contribution in [2.75, 3.05) is 0 Å². The molecular formula is C11H10Br3NO2S. The molecule has 98 valence electrons. The van der Waals surface area contributed by atoms with Crippen molar-refractivity contribution in [3.8, 4) is 0 Å². The lowest BCUT2D eigenvalue weighted by molar-refractivity contribution is 0.567. The van der Waals surface area contributed by atoms with E-state index in [9.17, 15) is 8.42 Å². The zero-order chi connectivity index (χ0) is 13.3. The van der Waals surface area contributed by atoms with E-state index in [1.54, 1.807) is 12.1 Å². The van der Waals surface area contributed by atoms with Crippen LogP contribution in [0.5, 0.6) is 0 Å². The first-order valence-corrected chi connectivity index (χ1v) is 9.10. The van der Waals surface area contributed by atoms with Gasteiger partial charge >= 0.3 is 0 Å². The molecule has 0 radical (unpaired) electrons. The van der Waals surface area contributed by atoms with Crippen molar-refractivity contribution in [1.82, 2.24) is 4.72 Å². The SMILES string of the molecule is O=S(=O)(NC1C=CCC1)c1c(Br)cc(Br)cc1Br. The summed E-state index contributed by atoms with van der Waals surface area (Å²) in [5.41, 5.74) is 0. The molecule has 1 aliphatic carbocycles. The van der Waals surface area contributed by atoms with Crippen LogP contribution in [0.2, 0.25) is 0 Å². The normalized spacial score (nSPS) is 19.4. The van der Waals surface area contributed by atoms with Crippen LogP contribution in [-0.2, 0) is 10.0 Å². The third kappa shape index (κ3) is 3.25. The van der Waals surface area contributed by atoms with Gasteiger partial charge in [0.1, 0.15) is 4.90 Å². The second kappa shape index (κ2) is 5.75. The highest BCUT2D eigenvalue weighted by Gasteiger charge is 2.25. The molecule has 18 heavy (non-hydrogen) atoms. The molecular weight excluding hydrogens is 450 g/mol. The van der Waals surface area contributed by atoms with Gasteiger partial charge in [-0.2, -0.15) is 0 Å². The summed E-state index contributed by atoms with van der Waals surface area (Å²) in [6.45, 7) is 0. The minimum atomic E-state index is -3.54. The maximum absolute atomic E-state index is 12.3. The van der Waals surface area contributed by atoms with Gasteiger partial charge in [-0.3, -0.25) is 0 Å². The molecule has 2 rings (SSSR count). The highest BCUT2D eigenvalue weighted by Crippen LogP contribution is 2.33. The Morgan fingerprint density at radius 2 is 1.78 bits per heavy atom. The number of rotatable bonds is 3. The van der Waals surface area contributed by atoms with E-state index >= 15 is 0 Å². The van der Waals surface area contributed by atoms with Crippen LogP contribution < -0.4 is 4.72 Å². The second-order valence-corrected chi connectivity index (χ2v) is 8.21. The van der Waals surface area contributed by atoms with E-state index in [1.807, 2.05) is 12.2 Å². The zero-order valence-corrected chi connectivity index (χ0v) is 14.7. The van der Waals surface area contributed by atoms with Crippen LogP contribution in [0.3, 0.4) is 0 Å². The summed E-state index contributed by atoms with van der Waals surface area (Å²) in [5, 5.41) is 0. The Morgan fingerprint density at radius 3 is 2.28 bits per heavy atom. The minimum Gasteiger partial charge on any atom is -0.207 e. The first kappa shape index (κ1) is 14.7. The highest BCUT2D eigenvalue weighted by atomic mass is 79.9. The van der Waals surface area contributed by atoms with Gasteiger partial charge in [0.25, 0.3) is 0 Å². The van der Waals surface area contributed by atoms with Crippen LogP contribution in [0.1, 0.15) is 12.8 Å². The smallest absolute Gasteiger partial charge is 0.207 e. The number of nitrogens with one attached hydrogen (secondary N) is 1. The van der Waals surface area contributed by atoms with Crippen LogP contribution in [0.25, 0.3) is 0 Å². The molecule has 0 fully saturated rings. The first-order valence-electron chi connectivity index (χ1n) is 5.24. The van der Waals surface area contributed by atoms with Gasteiger partial charge in [-0.15, -0.1) is 0 Å². The molecule has 1 aliphatic rings. The fraction of sp³-hybridized carbons (Fsp3) is 0.273. The summed E-state index contributed by atoms with van der Waals surface area (Å²) < 4.78 is 29.2. The Labute approximate surface area is 131 Å². The van der Waals surface area contributed by atoms with E-state index in [1.165, 1.54) is 0 Å². The summed E-state index contributed by atoms with van der Waals surface area (Å²) in [4.78, 5) is 0.228. The van der Waals surface area contributed by atoms with E-state index in [4.69, 9.17) is 0 Å². The van der Waals surface area contributed by atoms with Gasteiger partial charge in [-0.05, 0) is 56.8 Å². The Balaban J connectivity index is 2.38. The van der Waals surface area contributed by atoms with Gasteiger partial charge in [-0.25, -0.2) is 13.1 Å². The van der Waals surface area contributed by atoms with Crippen LogP contribution in [0.15, 0.2) is 42.6 Å². The maximum atomic E-state index is 12.3. The van der Waals surface area contributed by atoms with Crippen molar-refractivity contribution in [2.24, 2.45) is 0 Å². The van der Waals surface area contributed by atoms with Crippen molar-refractivity contribution in [3.63, 3.8) is 0 Å². The minimum absolute atomic E-state index is 0.113. The molecule has 1 atom stereocenters. The summed E-state index contributed by atoms with van der Waals surface area (Å²) in [6, 6.07) is 3.31. The molecule has 0 heterocycles. The molecule has 3 nitrogen and oxygen atoms in total. The van der Waals surface area contributed by atoms with Crippen LogP contribution in [0.4, 0.5) is 0 Å². The molecule has 0 amide bonds. The third-order valence-electron chi connectivity index (χ3n) is 2.55. The predicted octanol–water partition coefficient (Wildman–Crippen LogP) is 3.97. The summed E-state index contributed by atoms with van der Waals surface area (Å²) in [7, 11) is -3.54. The fourth-order valence-corrected chi connectivity index (χ4v) is 6.66. The standard InChI is InChI=1S/C11H10Br3NO2S/c12-7-5-9(13)11(10(14)6-7)18(16,17)15-8-3-1-2-4-8/h1,3,5-6,8,15H,2,4H2.